The van der Waals surface area contributed by atoms with Gasteiger partial charge in [0.15, 0.2) is 0 Å². The van der Waals surface area contributed by atoms with E-state index in [1.165, 1.54) is 19.4 Å². The zero-order valence-corrected chi connectivity index (χ0v) is 8.88. The van der Waals surface area contributed by atoms with Crippen LogP contribution >= 0.6 is 0 Å². The van der Waals surface area contributed by atoms with Gasteiger partial charge in [-0.05, 0) is 25.1 Å². The van der Waals surface area contributed by atoms with Crippen molar-refractivity contribution in [3.8, 4) is 0 Å². The molecule has 3 nitrogen and oxygen atoms in total. The molecule has 0 saturated heterocycles. The van der Waals surface area contributed by atoms with Crippen LogP contribution in [0.15, 0.2) is 18.5 Å². The molecule has 0 radical (unpaired) electrons. The molecule has 6 heteroatoms. The predicted molar refractivity (Wildman–Crippen MR) is 55.9 cm³/mol. The Hall–Kier alpha value is -1.30. The molecule has 0 aliphatic rings. The van der Waals surface area contributed by atoms with Crippen LogP contribution in [0.25, 0.3) is 0 Å². The van der Waals surface area contributed by atoms with Gasteiger partial charge in [0.2, 0.25) is 0 Å². The normalized spacial score (nSPS) is 13.8. The van der Waals surface area contributed by atoms with Crippen LogP contribution in [-0.4, -0.2) is 24.2 Å². The molecule has 1 atom stereocenters. The lowest BCUT2D eigenvalue weighted by Gasteiger charge is -2.18. The van der Waals surface area contributed by atoms with Crippen LogP contribution in [-0.2, 0) is 6.42 Å². The second-order valence-corrected chi connectivity index (χ2v) is 3.58. The van der Waals surface area contributed by atoms with Gasteiger partial charge in [0.25, 0.3) is 0 Å². The lowest BCUT2D eigenvalue weighted by molar-refractivity contribution is -0.139. The Morgan fingerprint density at radius 3 is 2.69 bits per heavy atom. The lowest BCUT2D eigenvalue weighted by atomic mass is 10.0. The first-order chi connectivity index (χ1) is 7.42. The van der Waals surface area contributed by atoms with Gasteiger partial charge in [-0.3, -0.25) is 4.98 Å². The number of aromatic nitrogens is 1. The van der Waals surface area contributed by atoms with Crippen LogP contribution in [0.5, 0.6) is 0 Å². The SMILES string of the molecule is CNC(Cc1cnccc1N)CC(F)(F)F. The van der Waals surface area contributed by atoms with E-state index in [4.69, 9.17) is 5.73 Å². The average molecular weight is 233 g/mol. The van der Waals surface area contributed by atoms with Crippen LogP contribution in [0, 0.1) is 0 Å². The molecule has 0 aliphatic heterocycles. The third-order valence-electron chi connectivity index (χ3n) is 2.29. The van der Waals surface area contributed by atoms with Crippen LogP contribution < -0.4 is 11.1 Å². The predicted octanol–water partition coefficient (Wildman–Crippen LogP) is 1.75. The van der Waals surface area contributed by atoms with Gasteiger partial charge >= 0.3 is 6.18 Å². The highest BCUT2D eigenvalue weighted by atomic mass is 19.4. The van der Waals surface area contributed by atoms with E-state index in [0.717, 1.165) is 0 Å². The fraction of sp³-hybridized carbons (Fsp3) is 0.500. The fourth-order valence-electron chi connectivity index (χ4n) is 1.43. The van der Waals surface area contributed by atoms with Crippen molar-refractivity contribution in [1.29, 1.82) is 0 Å². The lowest BCUT2D eigenvalue weighted by Crippen LogP contribution is -2.33. The third kappa shape index (κ3) is 4.06. The maximum atomic E-state index is 12.2. The second-order valence-electron chi connectivity index (χ2n) is 3.58. The Kier molecular flexibility index (Phi) is 4.12. The smallest absolute Gasteiger partial charge is 0.390 e. The molecule has 1 heterocycles. The monoisotopic (exact) mass is 233 g/mol. The molecule has 0 aliphatic carbocycles. The summed E-state index contributed by atoms with van der Waals surface area (Å²) in [5.74, 6) is 0. The quantitative estimate of drug-likeness (QED) is 0.833. The highest BCUT2D eigenvalue weighted by molar-refractivity contribution is 5.44. The van der Waals surface area contributed by atoms with Gasteiger partial charge in [0, 0.05) is 24.1 Å². The number of hydrogen-bond acceptors (Lipinski definition) is 3. The number of anilines is 1. The Bertz CT molecular complexity index is 338. The zero-order valence-electron chi connectivity index (χ0n) is 8.88. The highest BCUT2D eigenvalue weighted by Gasteiger charge is 2.31. The number of likely N-dealkylation sites (N-methyl/N-ethyl adjacent to an activating group) is 1. The number of hydrogen-bond donors (Lipinski definition) is 2. The van der Waals surface area contributed by atoms with Crippen molar-refractivity contribution < 1.29 is 13.2 Å². The minimum absolute atomic E-state index is 0.218. The largest absolute Gasteiger partial charge is 0.398 e. The Balaban J connectivity index is 2.67. The van der Waals surface area contributed by atoms with E-state index in [1.807, 2.05) is 0 Å². The molecule has 0 aromatic carbocycles. The Morgan fingerprint density at radius 2 is 2.19 bits per heavy atom. The summed E-state index contributed by atoms with van der Waals surface area (Å²) in [6.45, 7) is 0. The fourth-order valence-corrected chi connectivity index (χ4v) is 1.43. The average Bonchev–Trinajstić information content (AvgIpc) is 2.18. The highest BCUT2D eigenvalue weighted by Crippen LogP contribution is 2.23. The third-order valence-corrected chi connectivity index (χ3v) is 2.29. The van der Waals surface area contributed by atoms with Crippen LogP contribution in [0.1, 0.15) is 12.0 Å². The number of rotatable bonds is 4. The molecule has 1 rings (SSSR count). The van der Waals surface area contributed by atoms with Crippen molar-refractivity contribution in [3.63, 3.8) is 0 Å². The molecule has 0 saturated carbocycles. The molecule has 1 unspecified atom stereocenters. The van der Waals surface area contributed by atoms with Crippen molar-refractivity contribution in [2.24, 2.45) is 0 Å². The van der Waals surface area contributed by atoms with E-state index in [1.54, 1.807) is 6.07 Å². The summed E-state index contributed by atoms with van der Waals surface area (Å²) in [4.78, 5) is 3.84. The number of pyridine rings is 1. The summed E-state index contributed by atoms with van der Waals surface area (Å²) < 4.78 is 36.6. The van der Waals surface area contributed by atoms with Gasteiger partial charge < -0.3 is 11.1 Å². The first-order valence-electron chi connectivity index (χ1n) is 4.84. The molecular formula is C10H14F3N3. The van der Waals surface area contributed by atoms with Crippen molar-refractivity contribution in [3.05, 3.63) is 24.0 Å². The van der Waals surface area contributed by atoms with Gasteiger partial charge in [-0.1, -0.05) is 0 Å². The van der Waals surface area contributed by atoms with Crippen LogP contribution in [0.2, 0.25) is 0 Å². The second kappa shape index (κ2) is 5.16. The summed E-state index contributed by atoms with van der Waals surface area (Å²) >= 11 is 0. The van der Waals surface area contributed by atoms with E-state index in [0.29, 0.717) is 11.3 Å². The zero-order chi connectivity index (χ0) is 12.2. The van der Waals surface area contributed by atoms with Gasteiger partial charge in [-0.25, -0.2) is 0 Å². The molecule has 1 aromatic rings. The summed E-state index contributed by atoms with van der Waals surface area (Å²) in [5.41, 5.74) is 6.74. The Morgan fingerprint density at radius 1 is 1.50 bits per heavy atom. The van der Waals surface area contributed by atoms with E-state index in [9.17, 15) is 13.2 Å². The summed E-state index contributed by atoms with van der Waals surface area (Å²) in [6, 6.07) is 0.904. The number of nitrogen functional groups attached to an aromatic ring is 1. The number of nitrogens with one attached hydrogen (secondary N) is 1. The molecule has 16 heavy (non-hydrogen) atoms. The summed E-state index contributed by atoms with van der Waals surface area (Å²) in [5, 5.41) is 2.63. The first kappa shape index (κ1) is 12.8. The number of nitrogens with two attached hydrogens (primary N) is 1. The molecule has 0 bridgehead atoms. The summed E-state index contributed by atoms with van der Waals surface area (Å²) in [7, 11) is 1.50. The number of halogens is 3. The minimum Gasteiger partial charge on any atom is -0.398 e. The number of nitrogens with zero attached hydrogens (tertiary/aromatic N) is 1. The Labute approximate surface area is 91.9 Å². The van der Waals surface area contributed by atoms with Gasteiger partial charge in [0.1, 0.15) is 0 Å². The molecule has 90 valence electrons. The van der Waals surface area contributed by atoms with Crippen LogP contribution in [0.4, 0.5) is 18.9 Å². The van der Waals surface area contributed by atoms with Crippen molar-refractivity contribution >= 4 is 5.69 Å². The van der Waals surface area contributed by atoms with E-state index < -0.39 is 18.6 Å². The van der Waals surface area contributed by atoms with E-state index in [-0.39, 0.29) is 6.42 Å². The van der Waals surface area contributed by atoms with Gasteiger partial charge in [-0.2, -0.15) is 13.2 Å². The topological polar surface area (TPSA) is 50.9 Å². The molecule has 0 fully saturated rings. The standard InChI is InChI=1S/C10H14F3N3/c1-15-8(5-10(11,12)13)4-7-6-16-3-2-9(7)14/h2-3,6,8,15H,4-5H2,1H3,(H2,14,16). The number of alkyl halides is 3. The molecule has 0 amide bonds. The van der Waals surface area contributed by atoms with E-state index in [2.05, 4.69) is 10.3 Å². The summed E-state index contributed by atoms with van der Waals surface area (Å²) in [6.07, 6.45) is -1.83. The molecular weight excluding hydrogens is 219 g/mol. The van der Waals surface area contributed by atoms with E-state index >= 15 is 0 Å². The van der Waals surface area contributed by atoms with Crippen molar-refractivity contribution in [1.82, 2.24) is 10.3 Å². The maximum absolute atomic E-state index is 12.2. The maximum Gasteiger partial charge on any atom is 0.390 e. The van der Waals surface area contributed by atoms with Gasteiger partial charge in [0.05, 0.1) is 6.42 Å². The van der Waals surface area contributed by atoms with Crippen molar-refractivity contribution in [2.45, 2.75) is 25.1 Å². The first-order valence-corrected chi connectivity index (χ1v) is 4.84. The van der Waals surface area contributed by atoms with Gasteiger partial charge in [-0.15, -0.1) is 0 Å². The molecule has 3 N–H and O–H groups in total. The molecule has 0 spiro atoms. The minimum atomic E-state index is -4.18. The molecule has 1 aromatic heterocycles. The van der Waals surface area contributed by atoms with Crippen molar-refractivity contribution in [2.75, 3.05) is 12.8 Å². The van der Waals surface area contributed by atoms with Crippen LogP contribution in [0.3, 0.4) is 0 Å².